The Morgan fingerprint density at radius 2 is 1.65 bits per heavy atom. The average molecular weight is 366 g/mol. The van der Waals surface area contributed by atoms with Crippen LogP contribution < -0.4 is 16.2 Å². The summed E-state index contributed by atoms with van der Waals surface area (Å²) in [4.78, 5) is 23.7. The van der Waals surface area contributed by atoms with E-state index in [0.717, 1.165) is 11.3 Å². The zero-order valence-corrected chi connectivity index (χ0v) is 16.0. The van der Waals surface area contributed by atoms with Gasteiger partial charge in [0.15, 0.2) is 5.66 Å². The molecule has 7 heteroatoms. The minimum Gasteiger partial charge on any atom is -0.497 e. The zero-order valence-electron chi connectivity index (χ0n) is 16.0. The van der Waals surface area contributed by atoms with E-state index in [1.54, 1.807) is 31.4 Å². The minimum atomic E-state index is -1.58. The van der Waals surface area contributed by atoms with Gasteiger partial charge in [0.05, 0.1) is 7.11 Å². The van der Waals surface area contributed by atoms with Crippen molar-refractivity contribution in [2.75, 3.05) is 7.11 Å². The maximum absolute atomic E-state index is 12.1. The van der Waals surface area contributed by atoms with Crippen molar-refractivity contribution < 1.29 is 23.8 Å². The molecule has 1 rings (SSSR count). The lowest BCUT2D eigenvalue weighted by Crippen LogP contribution is -2.57. The molecule has 0 aromatic heterocycles. The Hall–Kier alpha value is -2.12. The summed E-state index contributed by atoms with van der Waals surface area (Å²) in [6.07, 6.45) is 1.53. The fourth-order valence-electron chi connectivity index (χ4n) is 2.19. The first-order valence-corrected chi connectivity index (χ1v) is 8.63. The molecule has 1 aromatic carbocycles. The van der Waals surface area contributed by atoms with E-state index in [2.05, 4.69) is 0 Å². The van der Waals surface area contributed by atoms with Crippen LogP contribution in [0.5, 0.6) is 5.75 Å². The van der Waals surface area contributed by atoms with Crippen molar-refractivity contribution in [2.24, 2.45) is 11.5 Å². The van der Waals surface area contributed by atoms with Crippen LogP contribution in [0.25, 0.3) is 0 Å². The molecule has 0 amide bonds. The third-order valence-electron chi connectivity index (χ3n) is 3.55. The monoisotopic (exact) mass is 366 g/mol. The Balaban J connectivity index is 2.34. The van der Waals surface area contributed by atoms with Crippen LogP contribution in [0.3, 0.4) is 0 Å². The quantitative estimate of drug-likeness (QED) is 0.391. The van der Waals surface area contributed by atoms with Gasteiger partial charge in [-0.3, -0.25) is 4.79 Å². The van der Waals surface area contributed by atoms with Crippen molar-refractivity contribution in [3.63, 3.8) is 0 Å². The molecule has 1 aromatic rings. The number of rotatable bonds is 9. The number of carbonyl (C=O) groups is 2. The van der Waals surface area contributed by atoms with Crippen LogP contribution in [0, 0.1) is 0 Å². The lowest BCUT2D eigenvalue weighted by atomic mass is 10.0. The van der Waals surface area contributed by atoms with E-state index in [-0.39, 0.29) is 25.4 Å². The van der Waals surface area contributed by atoms with Crippen LogP contribution in [0.2, 0.25) is 0 Å². The van der Waals surface area contributed by atoms with Crippen molar-refractivity contribution in [1.29, 1.82) is 0 Å². The van der Waals surface area contributed by atoms with Gasteiger partial charge >= 0.3 is 11.9 Å². The first-order valence-electron chi connectivity index (χ1n) is 8.63. The summed E-state index contributed by atoms with van der Waals surface area (Å²) < 4.78 is 15.5. The number of benzene rings is 1. The molecule has 0 heterocycles. The molecule has 0 radical (unpaired) electrons. The maximum atomic E-state index is 12.1. The highest BCUT2D eigenvalue weighted by molar-refractivity contribution is 5.79. The molecule has 0 aliphatic rings. The number of ether oxygens (including phenoxy) is 3. The van der Waals surface area contributed by atoms with Crippen molar-refractivity contribution in [2.45, 2.75) is 64.3 Å². The molecule has 26 heavy (non-hydrogen) atoms. The Morgan fingerprint density at radius 3 is 2.19 bits per heavy atom. The van der Waals surface area contributed by atoms with Crippen molar-refractivity contribution >= 4 is 11.9 Å². The maximum Gasteiger partial charge on any atom is 0.341 e. The van der Waals surface area contributed by atoms with Crippen LogP contribution in [0.15, 0.2) is 24.3 Å². The Morgan fingerprint density at radius 1 is 1.04 bits per heavy atom. The summed E-state index contributed by atoms with van der Waals surface area (Å²) in [5.41, 5.74) is 10.4. The molecule has 0 spiro atoms. The summed E-state index contributed by atoms with van der Waals surface area (Å²) in [6.45, 7) is 5.52. The van der Waals surface area contributed by atoms with Crippen LogP contribution in [0.1, 0.15) is 52.0 Å². The third kappa shape index (κ3) is 8.31. The molecule has 0 bridgehead atoms. The van der Waals surface area contributed by atoms with E-state index in [1.807, 2.05) is 20.8 Å². The second kappa shape index (κ2) is 9.54. The van der Waals surface area contributed by atoms with Crippen LogP contribution in [-0.4, -0.2) is 30.3 Å². The number of hydrogen-bond acceptors (Lipinski definition) is 7. The normalized spacial score (nSPS) is 11.8. The van der Waals surface area contributed by atoms with Gasteiger partial charge in [-0.2, -0.15) is 0 Å². The Kier molecular flexibility index (Phi) is 8.05. The highest BCUT2D eigenvalue weighted by Crippen LogP contribution is 2.15. The molecule has 4 N–H and O–H groups in total. The van der Waals surface area contributed by atoms with Gasteiger partial charge in [-0.15, -0.1) is 0 Å². The van der Waals surface area contributed by atoms with Gasteiger partial charge in [-0.25, -0.2) is 4.79 Å². The lowest BCUT2D eigenvalue weighted by molar-refractivity contribution is -0.154. The van der Waals surface area contributed by atoms with Gasteiger partial charge in [0, 0.05) is 6.42 Å². The molecule has 0 unspecified atom stereocenters. The molecule has 7 nitrogen and oxygen atoms in total. The summed E-state index contributed by atoms with van der Waals surface area (Å²) in [5.74, 6) is -0.234. The first kappa shape index (κ1) is 21.9. The SMILES string of the molecule is COc1ccc(COC(=O)C(N)(N)CCCCC(=O)OC(C)(C)C)cc1. The number of hydrogen-bond donors (Lipinski definition) is 2. The second-order valence-corrected chi connectivity index (χ2v) is 7.26. The number of carbonyl (C=O) groups excluding carboxylic acids is 2. The van der Waals surface area contributed by atoms with Crippen molar-refractivity contribution in [1.82, 2.24) is 0 Å². The molecular weight excluding hydrogens is 336 g/mol. The van der Waals surface area contributed by atoms with E-state index in [1.165, 1.54) is 0 Å². The van der Waals surface area contributed by atoms with Gasteiger partial charge in [-0.05, 0) is 57.7 Å². The van der Waals surface area contributed by atoms with Crippen molar-refractivity contribution in [3.8, 4) is 5.75 Å². The number of unbranched alkanes of at least 4 members (excludes halogenated alkanes) is 1. The van der Waals surface area contributed by atoms with E-state index in [0.29, 0.717) is 12.8 Å². The first-order chi connectivity index (χ1) is 12.0. The van der Waals surface area contributed by atoms with E-state index in [9.17, 15) is 9.59 Å². The molecule has 146 valence electrons. The molecule has 0 atom stereocenters. The molecule has 0 saturated carbocycles. The van der Waals surface area contributed by atoms with Crippen molar-refractivity contribution in [3.05, 3.63) is 29.8 Å². The standard InChI is InChI=1S/C19H30N2O5/c1-18(2,3)26-16(22)7-5-6-12-19(20,21)17(23)25-13-14-8-10-15(24-4)11-9-14/h8-11H,5-7,12-13,20-21H2,1-4H3. The van der Waals surface area contributed by atoms with Gasteiger partial charge in [0.1, 0.15) is 18.0 Å². The summed E-state index contributed by atoms with van der Waals surface area (Å²) in [7, 11) is 1.58. The largest absolute Gasteiger partial charge is 0.497 e. The number of nitrogens with two attached hydrogens (primary N) is 2. The molecule has 0 aliphatic carbocycles. The fourth-order valence-corrected chi connectivity index (χ4v) is 2.19. The van der Waals surface area contributed by atoms with Crippen LogP contribution in [0.4, 0.5) is 0 Å². The molecular formula is C19H30N2O5. The smallest absolute Gasteiger partial charge is 0.341 e. The zero-order chi connectivity index (χ0) is 19.8. The van der Waals surface area contributed by atoms with Gasteiger partial charge in [0.25, 0.3) is 0 Å². The van der Waals surface area contributed by atoms with E-state index >= 15 is 0 Å². The van der Waals surface area contributed by atoms with Gasteiger partial charge in [0.2, 0.25) is 0 Å². The summed E-state index contributed by atoms with van der Waals surface area (Å²) in [5, 5.41) is 0. The van der Waals surface area contributed by atoms with Gasteiger partial charge in [-0.1, -0.05) is 12.1 Å². The second-order valence-electron chi connectivity index (χ2n) is 7.26. The number of esters is 2. The van der Waals surface area contributed by atoms with Gasteiger partial charge < -0.3 is 25.7 Å². The summed E-state index contributed by atoms with van der Waals surface area (Å²) >= 11 is 0. The van der Waals surface area contributed by atoms with E-state index < -0.39 is 17.2 Å². The summed E-state index contributed by atoms with van der Waals surface area (Å²) in [6, 6.07) is 7.14. The molecule has 0 fully saturated rings. The fraction of sp³-hybridized carbons (Fsp3) is 0.579. The highest BCUT2D eigenvalue weighted by Gasteiger charge is 2.30. The number of methoxy groups -OCH3 is 1. The lowest BCUT2D eigenvalue weighted by Gasteiger charge is -2.22. The average Bonchev–Trinajstić information content (AvgIpc) is 2.55. The van der Waals surface area contributed by atoms with E-state index in [4.69, 9.17) is 25.7 Å². The Labute approximate surface area is 155 Å². The highest BCUT2D eigenvalue weighted by atomic mass is 16.6. The Bertz CT molecular complexity index is 591. The minimum absolute atomic E-state index is 0.0802. The third-order valence-corrected chi connectivity index (χ3v) is 3.55. The topological polar surface area (TPSA) is 114 Å². The van der Waals surface area contributed by atoms with Crippen LogP contribution in [-0.2, 0) is 25.7 Å². The molecule has 0 aliphatic heterocycles. The van der Waals surface area contributed by atoms with Crippen LogP contribution >= 0.6 is 0 Å². The predicted octanol–water partition coefficient (Wildman–Crippen LogP) is 2.25. The molecule has 0 saturated heterocycles. The predicted molar refractivity (Wildman–Crippen MR) is 98.2 cm³/mol.